The molecular weight excluding hydrogens is 288 g/mol. The predicted molar refractivity (Wildman–Crippen MR) is 80.8 cm³/mol. The van der Waals surface area contributed by atoms with Crippen molar-refractivity contribution in [3.63, 3.8) is 0 Å². The second kappa shape index (κ2) is 5.50. The highest BCUT2D eigenvalue weighted by Gasteiger charge is 2.34. The number of nitrogens with zero attached hydrogens (tertiary/aromatic N) is 2. The third-order valence-corrected chi connectivity index (χ3v) is 3.40. The van der Waals surface area contributed by atoms with Crippen LogP contribution in [0.3, 0.4) is 0 Å². The Morgan fingerprint density at radius 1 is 1.19 bits per heavy atom. The van der Waals surface area contributed by atoms with Gasteiger partial charge in [-0.2, -0.15) is 0 Å². The fraction of sp³-hybridized carbons (Fsp3) is 0.0625. The summed E-state index contributed by atoms with van der Waals surface area (Å²) in [7, 11) is 0. The standard InChI is InChI=1S/C16H11ClN2O2/c17-13-4-1-5-14(9-13)19-15(20)8-12(16(19)21)7-11-3-2-6-18-10-11/h1-7,9-10H,8H2. The van der Waals surface area contributed by atoms with Crippen molar-refractivity contribution in [3.8, 4) is 0 Å². The number of benzene rings is 1. The Kier molecular flexibility index (Phi) is 3.54. The van der Waals surface area contributed by atoms with Crippen LogP contribution in [-0.4, -0.2) is 16.8 Å². The van der Waals surface area contributed by atoms with E-state index in [-0.39, 0.29) is 18.2 Å². The smallest absolute Gasteiger partial charge is 0.261 e. The van der Waals surface area contributed by atoms with Crippen molar-refractivity contribution < 1.29 is 9.59 Å². The molecule has 0 unspecified atom stereocenters. The molecule has 4 nitrogen and oxygen atoms in total. The third kappa shape index (κ3) is 2.71. The van der Waals surface area contributed by atoms with Crippen LogP contribution < -0.4 is 4.90 Å². The number of aromatic nitrogens is 1. The largest absolute Gasteiger partial charge is 0.274 e. The van der Waals surface area contributed by atoms with Gasteiger partial charge in [0.2, 0.25) is 5.91 Å². The van der Waals surface area contributed by atoms with E-state index in [1.165, 1.54) is 0 Å². The maximum Gasteiger partial charge on any atom is 0.261 e. The lowest BCUT2D eigenvalue weighted by Gasteiger charge is -2.13. The zero-order valence-electron chi connectivity index (χ0n) is 11.0. The summed E-state index contributed by atoms with van der Waals surface area (Å²) < 4.78 is 0. The van der Waals surface area contributed by atoms with Gasteiger partial charge in [-0.3, -0.25) is 14.6 Å². The molecule has 1 aliphatic heterocycles. The Hall–Kier alpha value is -2.46. The predicted octanol–water partition coefficient (Wildman–Crippen LogP) is 3.08. The van der Waals surface area contributed by atoms with Gasteiger partial charge in [-0.25, -0.2) is 4.90 Å². The first-order chi connectivity index (χ1) is 10.1. The average Bonchev–Trinajstić information content (AvgIpc) is 2.74. The van der Waals surface area contributed by atoms with Crippen LogP contribution in [0.15, 0.2) is 54.4 Å². The summed E-state index contributed by atoms with van der Waals surface area (Å²) in [5, 5.41) is 0.484. The first-order valence-electron chi connectivity index (χ1n) is 6.38. The van der Waals surface area contributed by atoms with Gasteiger partial charge in [0.15, 0.2) is 0 Å². The highest BCUT2D eigenvalue weighted by molar-refractivity contribution is 6.32. The summed E-state index contributed by atoms with van der Waals surface area (Å²) in [6, 6.07) is 10.3. The minimum absolute atomic E-state index is 0.0836. The van der Waals surface area contributed by atoms with Crippen LogP contribution in [-0.2, 0) is 9.59 Å². The molecule has 0 atom stereocenters. The van der Waals surface area contributed by atoms with Crippen LogP contribution in [0.2, 0.25) is 5.02 Å². The molecule has 0 saturated carbocycles. The number of amides is 2. The van der Waals surface area contributed by atoms with Gasteiger partial charge >= 0.3 is 0 Å². The number of halogens is 1. The quantitative estimate of drug-likeness (QED) is 0.632. The average molecular weight is 299 g/mol. The molecule has 0 bridgehead atoms. The summed E-state index contributed by atoms with van der Waals surface area (Å²) in [5.74, 6) is -0.566. The molecule has 104 valence electrons. The fourth-order valence-electron chi connectivity index (χ4n) is 2.23. The molecule has 1 aliphatic rings. The lowest BCUT2D eigenvalue weighted by molar-refractivity contribution is -0.120. The molecular formula is C16H11ClN2O2. The summed E-state index contributed by atoms with van der Waals surface area (Å²) >= 11 is 5.91. The fourth-order valence-corrected chi connectivity index (χ4v) is 2.41. The van der Waals surface area contributed by atoms with E-state index in [1.54, 1.807) is 48.8 Å². The number of rotatable bonds is 2. The number of hydrogen-bond acceptors (Lipinski definition) is 3. The molecule has 3 rings (SSSR count). The van der Waals surface area contributed by atoms with E-state index >= 15 is 0 Å². The second-order valence-corrected chi connectivity index (χ2v) is 5.08. The van der Waals surface area contributed by atoms with E-state index in [0.717, 1.165) is 10.5 Å². The van der Waals surface area contributed by atoms with E-state index in [1.807, 2.05) is 6.07 Å². The van der Waals surface area contributed by atoms with E-state index in [2.05, 4.69) is 4.98 Å². The van der Waals surface area contributed by atoms with Crippen LogP contribution in [0.1, 0.15) is 12.0 Å². The molecule has 0 aliphatic carbocycles. The molecule has 2 amide bonds. The topological polar surface area (TPSA) is 50.3 Å². The summed E-state index contributed by atoms with van der Waals surface area (Å²) in [4.78, 5) is 29.7. The maximum absolute atomic E-state index is 12.4. The van der Waals surface area contributed by atoms with Crippen LogP contribution in [0, 0.1) is 0 Å². The van der Waals surface area contributed by atoms with Crippen molar-refractivity contribution in [1.29, 1.82) is 0 Å². The lowest BCUT2D eigenvalue weighted by atomic mass is 10.1. The number of carbonyl (C=O) groups excluding carboxylic acids is 2. The number of anilines is 1. The van der Waals surface area contributed by atoms with Gasteiger partial charge in [-0.1, -0.05) is 23.7 Å². The summed E-state index contributed by atoms with van der Waals surface area (Å²) in [6.07, 6.45) is 5.08. The molecule has 0 radical (unpaired) electrons. The minimum atomic E-state index is -0.314. The van der Waals surface area contributed by atoms with Crippen LogP contribution in [0.5, 0.6) is 0 Å². The highest BCUT2D eigenvalue weighted by Crippen LogP contribution is 2.28. The van der Waals surface area contributed by atoms with E-state index < -0.39 is 0 Å². The molecule has 1 aromatic heterocycles. The zero-order valence-corrected chi connectivity index (χ0v) is 11.7. The minimum Gasteiger partial charge on any atom is -0.274 e. The van der Waals surface area contributed by atoms with Crippen LogP contribution >= 0.6 is 11.6 Å². The van der Waals surface area contributed by atoms with Crippen molar-refractivity contribution in [1.82, 2.24) is 4.98 Å². The monoisotopic (exact) mass is 298 g/mol. The van der Waals surface area contributed by atoms with Gasteiger partial charge in [0, 0.05) is 23.0 Å². The van der Waals surface area contributed by atoms with Crippen LogP contribution in [0.4, 0.5) is 5.69 Å². The Morgan fingerprint density at radius 3 is 2.76 bits per heavy atom. The second-order valence-electron chi connectivity index (χ2n) is 4.65. The normalized spacial score (nSPS) is 16.8. The van der Waals surface area contributed by atoms with Crippen molar-refractivity contribution in [2.24, 2.45) is 0 Å². The van der Waals surface area contributed by atoms with Crippen molar-refractivity contribution in [2.75, 3.05) is 4.90 Å². The molecule has 2 heterocycles. The molecule has 2 aromatic rings. The Labute approximate surface area is 126 Å². The summed E-state index contributed by atoms with van der Waals surface area (Å²) in [5.41, 5.74) is 1.74. The number of imide groups is 1. The van der Waals surface area contributed by atoms with Crippen molar-refractivity contribution in [2.45, 2.75) is 6.42 Å². The molecule has 1 saturated heterocycles. The zero-order chi connectivity index (χ0) is 14.8. The number of pyridine rings is 1. The molecule has 21 heavy (non-hydrogen) atoms. The Morgan fingerprint density at radius 2 is 2.05 bits per heavy atom. The number of carbonyl (C=O) groups is 2. The van der Waals surface area contributed by atoms with Crippen LogP contribution in [0.25, 0.3) is 6.08 Å². The third-order valence-electron chi connectivity index (χ3n) is 3.16. The maximum atomic E-state index is 12.4. The van der Waals surface area contributed by atoms with Gasteiger partial charge in [0.1, 0.15) is 0 Å². The first kappa shape index (κ1) is 13.5. The molecule has 1 fully saturated rings. The SMILES string of the molecule is O=C1CC(=Cc2cccnc2)C(=O)N1c1cccc(Cl)c1. The lowest BCUT2D eigenvalue weighted by Crippen LogP contribution is -2.28. The Balaban J connectivity index is 1.94. The molecule has 5 heteroatoms. The Bertz CT molecular complexity index is 741. The van der Waals surface area contributed by atoms with Gasteiger partial charge in [0.25, 0.3) is 5.91 Å². The molecule has 1 aromatic carbocycles. The van der Waals surface area contributed by atoms with Gasteiger partial charge in [0.05, 0.1) is 12.1 Å². The molecule has 0 spiro atoms. The first-order valence-corrected chi connectivity index (χ1v) is 6.76. The number of hydrogen-bond donors (Lipinski definition) is 0. The van der Waals surface area contributed by atoms with Gasteiger partial charge < -0.3 is 0 Å². The highest BCUT2D eigenvalue weighted by atomic mass is 35.5. The summed E-state index contributed by atoms with van der Waals surface area (Å²) in [6.45, 7) is 0. The van der Waals surface area contributed by atoms with E-state index in [0.29, 0.717) is 16.3 Å². The van der Waals surface area contributed by atoms with Crippen molar-refractivity contribution in [3.05, 3.63) is 65.0 Å². The van der Waals surface area contributed by atoms with E-state index in [4.69, 9.17) is 11.6 Å². The van der Waals surface area contributed by atoms with Crippen molar-refractivity contribution >= 4 is 35.2 Å². The van der Waals surface area contributed by atoms with Gasteiger partial charge in [-0.15, -0.1) is 0 Å². The van der Waals surface area contributed by atoms with E-state index in [9.17, 15) is 9.59 Å². The van der Waals surface area contributed by atoms with Gasteiger partial charge in [-0.05, 0) is 35.9 Å². The molecule has 0 N–H and O–H groups in total.